The lowest BCUT2D eigenvalue weighted by Crippen LogP contribution is -2.28. The molecule has 1 fully saturated rings. The molecule has 1 N–H and O–H groups in total. The van der Waals surface area contributed by atoms with Crippen molar-refractivity contribution in [3.05, 3.63) is 71.3 Å². The largest absolute Gasteiger partial charge is 0.391 e. The minimum absolute atomic E-state index is 0.232. The summed E-state index contributed by atoms with van der Waals surface area (Å²) in [5.41, 5.74) is 1.32. The van der Waals surface area contributed by atoms with Crippen LogP contribution >= 0.6 is 0 Å². The maximum atomic E-state index is 14.0. The van der Waals surface area contributed by atoms with Crippen LogP contribution in [0.15, 0.2) is 48.5 Å². The average molecular weight is 289 g/mol. The molecule has 0 bridgehead atoms. The molecule has 21 heavy (non-hydrogen) atoms. The zero-order valence-electron chi connectivity index (χ0n) is 11.5. The molecule has 2 nitrogen and oxygen atoms in total. The fourth-order valence-electron chi connectivity index (χ4n) is 2.99. The minimum atomic E-state index is -0.869. The Morgan fingerprint density at radius 2 is 1.81 bits per heavy atom. The maximum Gasteiger partial charge on any atom is 0.163 e. The van der Waals surface area contributed by atoms with E-state index in [0.29, 0.717) is 19.5 Å². The van der Waals surface area contributed by atoms with Crippen molar-refractivity contribution in [1.29, 1.82) is 0 Å². The van der Waals surface area contributed by atoms with E-state index in [0.717, 1.165) is 11.6 Å². The number of nitrogens with zero attached hydrogens (tertiary/aromatic N) is 1. The van der Waals surface area contributed by atoms with Crippen molar-refractivity contribution in [3.63, 3.8) is 0 Å². The molecule has 1 heterocycles. The van der Waals surface area contributed by atoms with Crippen molar-refractivity contribution < 1.29 is 13.9 Å². The average Bonchev–Trinajstić information content (AvgIpc) is 2.84. The molecule has 110 valence electrons. The summed E-state index contributed by atoms with van der Waals surface area (Å²) in [6.45, 7) is 1.27. The monoisotopic (exact) mass is 289 g/mol. The second-order valence-electron chi connectivity index (χ2n) is 5.40. The standard InChI is InChI=1S/C17H17F2NO/c18-14-8-4-7-13(16(14)19)17-15(21)9-10-20(17)11-12-5-2-1-3-6-12/h1-8,15,17,21H,9-11H2/t15-,17-/m0/s1. The number of hydrogen-bond donors (Lipinski definition) is 1. The molecule has 2 aromatic rings. The zero-order chi connectivity index (χ0) is 14.8. The Kier molecular flexibility index (Phi) is 3.99. The molecule has 3 rings (SSSR count). The molecule has 1 aliphatic heterocycles. The molecule has 2 aromatic carbocycles. The van der Waals surface area contributed by atoms with Gasteiger partial charge in [0, 0.05) is 18.7 Å². The second-order valence-corrected chi connectivity index (χ2v) is 5.40. The lowest BCUT2D eigenvalue weighted by molar-refractivity contribution is 0.110. The van der Waals surface area contributed by atoms with Gasteiger partial charge < -0.3 is 5.11 Å². The normalized spacial score (nSPS) is 22.6. The van der Waals surface area contributed by atoms with Gasteiger partial charge in [-0.25, -0.2) is 8.78 Å². The summed E-state index contributed by atoms with van der Waals surface area (Å²) in [7, 11) is 0. The third-order valence-corrected chi connectivity index (χ3v) is 4.00. The molecular weight excluding hydrogens is 272 g/mol. The summed E-state index contributed by atoms with van der Waals surface area (Å²) in [6.07, 6.45) is -0.113. The van der Waals surface area contributed by atoms with Crippen molar-refractivity contribution in [1.82, 2.24) is 4.90 Å². The Balaban J connectivity index is 1.89. The third-order valence-electron chi connectivity index (χ3n) is 4.00. The lowest BCUT2D eigenvalue weighted by atomic mass is 10.0. The molecule has 0 radical (unpaired) electrons. The quantitative estimate of drug-likeness (QED) is 0.937. The summed E-state index contributed by atoms with van der Waals surface area (Å²) in [5, 5.41) is 10.2. The van der Waals surface area contributed by atoms with Crippen LogP contribution in [0.2, 0.25) is 0 Å². The molecule has 0 aromatic heterocycles. The summed E-state index contributed by atoms with van der Waals surface area (Å²) >= 11 is 0. The van der Waals surface area contributed by atoms with Gasteiger partial charge in [0.25, 0.3) is 0 Å². The van der Waals surface area contributed by atoms with Gasteiger partial charge in [0.05, 0.1) is 12.1 Å². The predicted octanol–water partition coefficient (Wildman–Crippen LogP) is 3.27. The topological polar surface area (TPSA) is 23.5 Å². The van der Waals surface area contributed by atoms with Gasteiger partial charge in [0.1, 0.15) is 0 Å². The molecule has 0 spiro atoms. The van der Waals surface area contributed by atoms with Gasteiger partial charge >= 0.3 is 0 Å². The maximum absolute atomic E-state index is 14.0. The van der Waals surface area contributed by atoms with Crippen LogP contribution in [0.4, 0.5) is 8.78 Å². The molecule has 0 unspecified atom stereocenters. The lowest BCUT2D eigenvalue weighted by Gasteiger charge is -2.27. The van der Waals surface area contributed by atoms with E-state index in [-0.39, 0.29) is 5.56 Å². The Hall–Kier alpha value is -1.78. The highest BCUT2D eigenvalue weighted by atomic mass is 19.2. The summed E-state index contributed by atoms with van der Waals surface area (Å²) < 4.78 is 27.5. The first-order valence-electron chi connectivity index (χ1n) is 7.07. The van der Waals surface area contributed by atoms with E-state index in [4.69, 9.17) is 0 Å². The number of benzene rings is 2. The van der Waals surface area contributed by atoms with Crippen LogP contribution in [-0.4, -0.2) is 22.7 Å². The zero-order valence-corrected chi connectivity index (χ0v) is 11.5. The van der Waals surface area contributed by atoms with Gasteiger partial charge in [-0.3, -0.25) is 4.90 Å². The second kappa shape index (κ2) is 5.92. The van der Waals surface area contributed by atoms with Crippen LogP contribution in [0.5, 0.6) is 0 Å². The molecule has 0 aliphatic carbocycles. The van der Waals surface area contributed by atoms with Gasteiger partial charge in [-0.05, 0) is 18.1 Å². The number of likely N-dealkylation sites (tertiary alicyclic amines) is 1. The predicted molar refractivity (Wildman–Crippen MR) is 76.6 cm³/mol. The van der Waals surface area contributed by atoms with Crippen molar-refractivity contribution in [2.75, 3.05) is 6.54 Å². The Bertz CT molecular complexity index is 617. The van der Waals surface area contributed by atoms with E-state index in [1.807, 2.05) is 35.2 Å². The molecule has 0 amide bonds. The smallest absolute Gasteiger partial charge is 0.163 e. The highest BCUT2D eigenvalue weighted by molar-refractivity contribution is 5.25. The SMILES string of the molecule is O[C@H]1CCN(Cc2ccccc2)[C@H]1c1cccc(F)c1F. The van der Waals surface area contributed by atoms with E-state index in [9.17, 15) is 13.9 Å². The Morgan fingerprint density at radius 3 is 2.57 bits per heavy atom. The molecule has 1 aliphatic rings. The highest BCUT2D eigenvalue weighted by Crippen LogP contribution is 2.35. The molecule has 0 saturated carbocycles. The molecular formula is C17H17F2NO. The van der Waals surface area contributed by atoms with Gasteiger partial charge in [-0.1, -0.05) is 42.5 Å². The van der Waals surface area contributed by atoms with E-state index >= 15 is 0 Å². The molecule has 2 atom stereocenters. The van der Waals surface area contributed by atoms with Gasteiger partial charge in [-0.2, -0.15) is 0 Å². The van der Waals surface area contributed by atoms with E-state index in [1.54, 1.807) is 6.07 Å². The minimum Gasteiger partial charge on any atom is -0.391 e. The van der Waals surface area contributed by atoms with Gasteiger partial charge in [0.2, 0.25) is 0 Å². The third kappa shape index (κ3) is 2.82. The fraction of sp³-hybridized carbons (Fsp3) is 0.294. The molecule has 1 saturated heterocycles. The van der Waals surface area contributed by atoms with E-state index < -0.39 is 23.8 Å². The Labute approximate surface area is 122 Å². The van der Waals surface area contributed by atoms with Gasteiger partial charge in [-0.15, -0.1) is 0 Å². The highest BCUT2D eigenvalue weighted by Gasteiger charge is 2.36. The van der Waals surface area contributed by atoms with Crippen molar-refractivity contribution >= 4 is 0 Å². The molecule has 4 heteroatoms. The number of aliphatic hydroxyl groups excluding tert-OH is 1. The van der Waals surface area contributed by atoms with Crippen LogP contribution in [0.1, 0.15) is 23.6 Å². The van der Waals surface area contributed by atoms with Crippen LogP contribution in [-0.2, 0) is 6.54 Å². The van der Waals surface area contributed by atoms with Crippen molar-refractivity contribution in [3.8, 4) is 0 Å². The number of aliphatic hydroxyl groups is 1. The first kappa shape index (κ1) is 14.2. The number of halogens is 2. The number of rotatable bonds is 3. The van der Waals surface area contributed by atoms with Crippen LogP contribution in [0.25, 0.3) is 0 Å². The van der Waals surface area contributed by atoms with Crippen LogP contribution in [0, 0.1) is 11.6 Å². The van der Waals surface area contributed by atoms with Gasteiger partial charge in [0.15, 0.2) is 11.6 Å². The van der Waals surface area contributed by atoms with E-state index in [1.165, 1.54) is 6.07 Å². The van der Waals surface area contributed by atoms with E-state index in [2.05, 4.69) is 0 Å². The summed E-state index contributed by atoms with van der Waals surface area (Å²) in [4.78, 5) is 2.00. The first-order valence-corrected chi connectivity index (χ1v) is 7.07. The van der Waals surface area contributed by atoms with Crippen LogP contribution < -0.4 is 0 Å². The number of hydrogen-bond acceptors (Lipinski definition) is 2. The Morgan fingerprint density at radius 1 is 1.05 bits per heavy atom. The summed E-state index contributed by atoms with van der Waals surface area (Å²) in [5.74, 6) is -1.73. The van der Waals surface area contributed by atoms with Crippen LogP contribution in [0.3, 0.4) is 0 Å². The van der Waals surface area contributed by atoms with Crippen molar-refractivity contribution in [2.24, 2.45) is 0 Å². The summed E-state index contributed by atoms with van der Waals surface area (Å²) in [6, 6.07) is 13.4. The fourth-order valence-corrected chi connectivity index (χ4v) is 2.99. The first-order chi connectivity index (χ1) is 10.2. The van der Waals surface area contributed by atoms with Crippen molar-refractivity contribution in [2.45, 2.75) is 25.1 Å².